The van der Waals surface area contributed by atoms with E-state index in [1.54, 1.807) is 0 Å². The Morgan fingerprint density at radius 1 is 0.950 bits per heavy atom. The summed E-state index contributed by atoms with van der Waals surface area (Å²) in [5.41, 5.74) is 0. The largest absolute Gasteiger partial charge is 0.300 e. The van der Waals surface area contributed by atoms with Crippen molar-refractivity contribution in [1.29, 1.82) is 0 Å². The van der Waals surface area contributed by atoms with Crippen molar-refractivity contribution in [2.45, 2.75) is 59.8 Å². The Morgan fingerprint density at radius 3 is 1.95 bits per heavy atom. The van der Waals surface area contributed by atoms with Crippen LogP contribution in [0.1, 0.15) is 59.8 Å². The van der Waals surface area contributed by atoms with E-state index in [9.17, 15) is 9.59 Å². The van der Waals surface area contributed by atoms with Crippen molar-refractivity contribution in [2.75, 3.05) is 19.6 Å². The van der Waals surface area contributed by atoms with Gasteiger partial charge >= 0.3 is 0 Å². The van der Waals surface area contributed by atoms with Crippen LogP contribution in [-0.4, -0.2) is 36.1 Å². The van der Waals surface area contributed by atoms with E-state index in [1.165, 1.54) is 0 Å². The van der Waals surface area contributed by atoms with E-state index in [2.05, 4.69) is 32.6 Å². The van der Waals surface area contributed by atoms with Gasteiger partial charge in [-0.25, -0.2) is 0 Å². The van der Waals surface area contributed by atoms with Gasteiger partial charge in [-0.1, -0.05) is 27.7 Å². The quantitative estimate of drug-likeness (QED) is 0.685. The zero-order chi connectivity index (χ0) is 15.1. The molecule has 1 saturated heterocycles. The topological polar surface area (TPSA) is 37.4 Å². The van der Waals surface area contributed by atoms with Crippen LogP contribution in [0.4, 0.5) is 0 Å². The predicted octanol–water partition coefficient (Wildman–Crippen LogP) is 3.32. The number of carbonyl (C=O) groups excluding carboxylic acids is 2. The molecule has 3 nitrogen and oxygen atoms in total. The molecule has 0 radical (unpaired) electrons. The molecule has 0 unspecified atom stereocenters. The van der Waals surface area contributed by atoms with Gasteiger partial charge in [0.15, 0.2) is 0 Å². The van der Waals surface area contributed by atoms with Gasteiger partial charge in [-0.15, -0.1) is 0 Å². The molecule has 1 aliphatic rings. The van der Waals surface area contributed by atoms with E-state index in [0.29, 0.717) is 48.7 Å². The highest BCUT2D eigenvalue weighted by Crippen LogP contribution is 2.22. The van der Waals surface area contributed by atoms with E-state index in [1.807, 2.05) is 0 Å². The monoisotopic (exact) mass is 281 g/mol. The summed E-state index contributed by atoms with van der Waals surface area (Å²) in [7, 11) is 0. The molecule has 0 aromatic carbocycles. The van der Waals surface area contributed by atoms with Crippen molar-refractivity contribution in [3.8, 4) is 0 Å². The Kier molecular flexibility index (Phi) is 7.42. The van der Waals surface area contributed by atoms with Crippen LogP contribution in [-0.2, 0) is 9.59 Å². The van der Waals surface area contributed by atoms with Gasteiger partial charge in [0.2, 0.25) is 0 Å². The van der Waals surface area contributed by atoms with Crippen molar-refractivity contribution < 1.29 is 9.59 Å². The maximum Gasteiger partial charge on any atom is 0.147 e. The Morgan fingerprint density at radius 2 is 1.45 bits per heavy atom. The minimum atomic E-state index is 0.356. The Hall–Kier alpha value is -0.700. The fraction of sp³-hybridized carbons (Fsp3) is 0.882. The Balaban J connectivity index is 2.23. The molecule has 0 amide bonds. The molecule has 116 valence electrons. The maximum atomic E-state index is 11.8. The summed E-state index contributed by atoms with van der Waals surface area (Å²) in [6.07, 6.45) is 4.28. The average Bonchev–Trinajstić information content (AvgIpc) is 2.29. The number of hydrogen-bond acceptors (Lipinski definition) is 3. The zero-order valence-corrected chi connectivity index (χ0v) is 13.7. The molecule has 1 rings (SSSR count). The minimum Gasteiger partial charge on any atom is -0.300 e. The van der Waals surface area contributed by atoms with Gasteiger partial charge in [-0.05, 0) is 43.7 Å². The van der Waals surface area contributed by atoms with Gasteiger partial charge in [0.1, 0.15) is 11.6 Å². The number of nitrogens with zero attached hydrogens (tertiary/aromatic N) is 1. The van der Waals surface area contributed by atoms with Gasteiger partial charge in [-0.3, -0.25) is 14.5 Å². The number of Topliss-reactive ketones (excluding diaryl/α,β-unsaturated/α-hetero) is 2. The first-order valence-corrected chi connectivity index (χ1v) is 8.12. The fourth-order valence-electron chi connectivity index (χ4n) is 2.98. The second-order valence-electron chi connectivity index (χ2n) is 7.20. The van der Waals surface area contributed by atoms with Gasteiger partial charge < -0.3 is 0 Å². The molecule has 1 aliphatic heterocycles. The SMILES string of the molecule is CC(C)CC(=O)CC1CCN(CC(=O)CC(C)C)CC1. The summed E-state index contributed by atoms with van der Waals surface area (Å²) in [6, 6.07) is 0. The van der Waals surface area contributed by atoms with E-state index >= 15 is 0 Å². The highest BCUT2D eigenvalue weighted by Gasteiger charge is 2.23. The third-order valence-corrected chi connectivity index (χ3v) is 3.90. The zero-order valence-electron chi connectivity index (χ0n) is 13.7. The lowest BCUT2D eigenvalue weighted by Crippen LogP contribution is -2.38. The molecule has 0 aromatic heterocycles. The number of piperidine rings is 1. The number of carbonyl (C=O) groups is 2. The second-order valence-corrected chi connectivity index (χ2v) is 7.20. The van der Waals surface area contributed by atoms with E-state index in [0.717, 1.165) is 32.4 Å². The first-order valence-electron chi connectivity index (χ1n) is 8.12. The molecular weight excluding hydrogens is 250 g/mol. The second kappa shape index (κ2) is 8.56. The Bertz CT molecular complexity index is 283. The summed E-state index contributed by atoms with van der Waals surface area (Å²) in [4.78, 5) is 25.9. The summed E-state index contributed by atoms with van der Waals surface area (Å²) in [5.74, 6) is 2.23. The molecule has 1 heterocycles. The molecule has 0 atom stereocenters. The molecule has 0 spiro atoms. The van der Waals surface area contributed by atoms with Crippen molar-refractivity contribution in [1.82, 2.24) is 4.90 Å². The number of ketones is 2. The summed E-state index contributed by atoms with van der Waals surface area (Å²) in [6.45, 7) is 10.9. The van der Waals surface area contributed by atoms with Crippen LogP contribution in [0, 0.1) is 17.8 Å². The van der Waals surface area contributed by atoms with Crippen LogP contribution in [0.15, 0.2) is 0 Å². The smallest absolute Gasteiger partial charge is 0.147 e. The van der Waals surface area contributed by atoms with E-state index < -0.39 is 0 Å². The molecule has 0 N–H and O–H groups in total. The highest BCUT2D eigenvalue weighted by molar-refractivity contribution is 5.80. The summed E-state index contributed by atoms with van der Waals surface area (Å²) >= 11 is 0. The molecule has 0 bridgehead atoms. The number of hydrogen-bond donors (Lipinski definition) is 0. The lowest BCUT2D eigenvalue weighted by atomic mass is 9.89. The molecule has 20 heavy (non-hydrogen) atoms. The maximum absolute atomic E-state index is 11.8. The molecule has 1 fully saturated rings. The normalized spacial score (nSPS) is 17.9. The van der Waals surface area contributed by atoms with Gasteiger partial charge in [0.25, 0.3) is 0 Å². The molecule has 0 aromatic rings. The fourth-order valence-corrected chi connectivity index (χ4v) is 2.98. The third-order valence-electron chi connectivity index (χ3n) is 3.90. The minimum absolute atomic E-state index is 0.356. The van der Waals surface area contributed by atoms with Crippen LogP contribution in [0.3, 0.4) is 0 Å². The molecular formula is C17H31NO2. The molecule has 0 saturated carbocycles. The van der Waals surface area contributed by atoms with E-state index in [-0.39, 0.29) is 0 Å². The Labute approximate surface area is 124 Å². The van der Waals surface area contributed by atoms with Gasteiger partial charge in [0, 0.05) is 19.3 Å². The van der Waals surface area contributed by atoms with Crippen LogP contribution >= 0.6 is 0 Å². The summed E-state index contributed by atoms with van der Waals surface area (Å²) < 4.78 is 0. The lowest BCUT2D eigenvalue weighted by Gasteiger charge is -2.31. The predicted molar refractivity (Wildman–Crippen MR) is 82.7 cm³/mol. The highest BCUT2D eigenvalue weighted by atomic mass is 16.1. The number of rotatable bonds is 8. The lowest BCUT2D eigenvalue weighted by molar-refractivity contribution is -0.123. The van der Waals surface area contributed by atoms with Crippen LogP contribution in [0.2, 0.25) is 0 Å². The van der Waals surface area contributed by atoms with Crippen LogP contribution < -0.4 is 0 Å². The molecule has 3 heteroatoms. The van der Waals surface area contributed by atoms with Crippen LogP contribution in [0.25, 0.3) is 0 Å². The first-order chi connectivity index (χ1) is 9.36. The standard InChI is InChI=1S/C17H31NO2/c1-13(2)9-16(19)11-15-5-7-18(8-6-15)12-17(20)10-14(3)4/h13-15H,5-12H2,1-4H3. The van der Waals surface area contributed by atoms with E-state index in [4.69, 9.17) is 0 Å². The van der Waals surface area contributed by atoms with Crippen molar-refractivity contribution in [3.63, 3.8) is 0 Å². The van der Waals surface area contributed by atoms with Crippen LogP contribution in [0.5, 0.6) is 0 Å². The first kappa shape index (κ1) is 17.4. The van der Waals surface area contributed by atoms with Gasteiger partial charge in [0.05, 0.1) is 6.54 Å². The van der Waals surface area contributed by atoms with Crippen molar-refractivity contribution >= 4 is 11.6 Å². The summed E-state index contributed by atoms with van der Waals surface area (Å²) in [5, 5.41) is 0. The van der Waals surface area contributed by atoms with Crippen molar-refractivity contribution in [2.24, 2.45) is 17.8 Å². The average molecular weight is 281 g/mol. The van der Waals surface area contributed by atoms with Gasteiger partial charge in [-0.2, -0.15) is 0 Å². The van der Waals surface area contributed by atoms with Crippen molar-refractivity contribution in [3.05, 3.63) is 0 Å². The third kappa shape index (κ3) is 7.18. The molecule has 0 aliphatic carbocycles. The number of likely N-dealkylation sites (tertiary alicyclic amines) is 1.